The van der Waals surface area contributed by atoms with Gasteiger partial charge >= 0.3 is 5.97 Å². The van der Waals surface area contributed by atoms with Gasteiger partial charge in [-0.05, 0) is 26.2 Å². The second kappa shape index (κ2) is 9.87. The molecule has 2 N–H and O–H groups in total. The van der Waals surface area contributed by atoms with E-state index in [1.54, 1.807) is 0 Å². The van der Waals surface area contributed by atoms with Gasteiger partial charge < -0.3 is 19.5 Å². The molecule has 2 amide bonds. The maximum Gasteiger partial charge on any atom is 0.305 e. The highest BCUT2D eigenvalue weighted by Gasteiger charge is 2.37. The van der Waals surface area contributed by atoms with Crippen LogP contribution >= 0.6 is 0 Å². The van der Waals surface area contributed by atoms with Crippen molar-refractivity contribution in [1.82, 2.24) is 9.80 Å². The van der Waals surface area contributed by atoms with Gasteiger partial charge in [-0.3, -0.25) is 24.0 Å². The van der Waals surface area contributed by atoms with Crippen LogP contribution in [0, 0.1) is 0 Å². The molecule has 0 unspecified atom stereocenters. The normalized spacial score (nSPS) is 13.7. The average Bonchev–Trinajstić information content (AvgIpc) is 2.84. The summed E-state index contributed by atoms with van der Waals surface area (Å²) in [4.78, 5) is 38.6. The molecule has 0 fully saturated rings. The van der Waals surface area contributed by atoms with E-state index in [9.17, 15) is 22.8 Å². The van der Waals surface area contributed by atoms with Crippen LogP contribution < -0.4 is 9.46 Å². The molecular formula is C18H25N3O8S. The molecule has 1 aromatic rings. The summed E-state index contributed by atoms with van der Waals surface area (Å²) in [6.45, 7) is 1.26. The fourth-order valence-corrected chi connectivity index (χ4v) is 3.24. The Kier molecular flexibility index (Phi) is 7.76. The quantitative estimate of drug-likeness (QED) is 0.339. The lowest BCUT2D eigenvalue weighted by atomic mass is 10.1. The Hall–Kier alpha value is -2.70. The zero-order chi connectivity index (χ0) is 22.5. The molecule has 0 spiro atoms. The van der Waals surface area contributed by atoms with Crippen molar-refractivity contribution in [2.45, 2.75) is 6.42 Å². The predicted octanol–water partition coefficient (Wildman–Crippen LogP) is 0.0858. The van der Waals surface area contributed by atoms with Crippen molar-refractivity contribution in [3.8, 4) is 5.75 Å². The number of carboxylic acids is 1. The third-order valence-electron chi connectivity index (χ3n) is 4.08. The van der Waals surface area contributed by atoms with Crippen molar-refractivity contribution >= 4 is 33.5 Å². The minimum absolute atomic E-state index is 0.00535. The van der Waals surface area contributed by atoms with Gasteiger partial charge in [0.1, 0.15) is 12.4 Å². The number of sulfonamides is 1. The highest BCUT2D eigenvalue weighted by molar-refractivity contribution is 7.92. The maximum atomic E-state index is 12.5. The number of amides is 2. The zero-order valence-electron chi connectivity index (χ0n) is 17.0. The molecule has 0 aromatic heterocycles. The molecule has 30 heavy (non-hydrogen) atoms. The first-order chi connectivity index (χ1) is 14.0. The van der Waals surface area contributed by atoms with E-state index in [0.717, 1.165) is 17.7 Å². The lowest BCUT2D eigenvalue weighted by molar-refractivity contribution is -0.137. The van der Waals surface area contributed by atoms with E-state index in [-0.39, 0.29) is 42.3 Å². The first kappa shape index (κ1) is 23.6. The number of rotatable bonds is 12. The number of imide groups is 1. The highest BCUT2D eigenvalue weighted by atomic mass is 32.2. The standard InChI is InChI=1S/C18H25N3O8S/c1-20(2)6-7-28-8-9-29-15-11-13-12(10-14(15)19-30(3,26)27)17(24)21(18(13)25)5-4-16(22)23/h10-11,19H,4-9H2,1-3H3,(H,22,23). The number of fused-ring (bicyclic) bond motifs is 1. The maximum absolute atomic E-state index is 12.5. The third kappa shape index (κ3) is 6.40. The van der Waals surface area contributed by atoms with Crippen LogP contribution in [-0.2, 0) is 19.6 Å². The first-order valence-electron chi connectivity index (χ1n) is 9.08. The van der Waals surface area contributed by atoms with Gasteiger partial charge in [-0.1, -0.05) is 0 Å². The fraction of sp³-hybridized carbons (Fsp3) is 0.500. The number of ether oxygens (including phenoxy) is 2. The zero-order valence-corrected chi connectivity index (χ0v) is 17.8. The van der Waals surface area contributed by atoms with Crippen LogP contribution in [0.15, 0.2) is 12.1 Å². The van der Waals surface area contributed by atoms with E-state index < -0.39 is 34.2 Å². The van der Waals surface area contributed by atoms with E-state index in [2.05, 4.69) is 4.72 Å². The first-order valence-corrected chi connectivity index (χ1v) is 11.0. The van der Waals surface area contributed by atoms with Gasteiger partial charge in [0.05, 0.1) is 42.7 Å². The van der Waals surface area contributed by atoms with Gasteiger partial charge in [-0.15, -0.1) is 0 Å². The van der Waals surface area contributed by atoms with Crippen LogP contribution in [0.4, 0.5) is 5.69 Å². The van der Waals surface area contributed by atoms with E-state index in [1.807, 2.05) is 19.0 Å². The number of hydrogen-bond acceptors (Lipinski definition) is 8. The van der Waals surface area contributed by atoms with Crippen LogP contribution in [0.25, 0.3) is 0 Å². The van der Waals surface area contributed by atoms with Gasteiger partial charge in [0.2, 0.25) is 10.0 Å². The SMILES string of the molecule is CN(C)CCOCCOc1cc2c(cc1NS(C)(=O)=O)C(=O)N(CCC(=O)O)C2=O. The summed E-state index contributed by atoms with van der Waals surface area (Å²) in [7, 11) is 0.131. The van der Waals surface area contributed by atoms with Gasteiger partial charge in [0.15, 0.2) is 0 Å². The van der Waals surface area contributed by atoms with Crippen molar-refractivity contribution in [2.75, 3.05) is 58.0 Å². The Balaban J connectivity index is 2.20. The monoisotopic (exact) mass is 443 g/mol. The Labute approximate surface area is 174 Å². The topological polar surface area (TPSA) is 143 Å². The summed E-state index contributed by atoms with van der Waals surface area (Å²) < 4.78 is 36.7. The second-order valence-electron chi connectivity index (χ2n) is 6.94. The number of hydrogen-bond donors (Lipinski definition) is 2. The molecular weight excluding hydrogens is 418 g/mol. The molecule has 1 heterocycles. The molecule has 166 valence electrons. The number of anilines is 1. The molecule has 2 rings (SSSR count). The predicted molar refractivity (Wildman–Crippen MR) is 107 cm³/mol. The smallest absolute Gasteiger partial charge is 0.305 e. The van der Waals surface area contributed by atoms with E-state index in [4.69, 9.17) is 14.6 Å². The number of likely N-dealkylation sites (N-methyl/N-ethyl adjacent to an activating group) is 1. The number of nitrogens with one attached hydrogen (secondary N) is 1. The van der Waals surface area contributed by atoms with Gasteiger partial charge in [-0.25, -0.2) is 8.42 Å². The summed E-state index contributed by atoms with van der Waals surface area (Å²) in [5, 5.41) is 8.81. The number of carbonyl (C=O) groups excluding carboxylic acids is 2. The molecule has 1 aromatic carbocycles. The number of carbonyl (C=O) groups is 3. The summed E-state index contributed by atoms with van der Waals surface area (Å²) in [6.07, 6.45) is 0.550. The average molecular weight is 443 g/mol. The van der Waals surface area contributed by atoms with Crippen molar-refractivity contribution < 1.29 is 37.4 Å². The fourth-order valence-electron chi connectivity index (χ4n) is 2.69. The minimum Gasteiger partial charge on any atom is -0.489 e. The molecule has 12 heteroatoms. The Morgan fingerprint density at radius 3 is 2.33 bits per heavy atom. The van der Waals surface area contributed by atoms with Crippen molar-refractivity contribution in [3.63, 3.8) is 0 Å². The van der Waals surface area contributed by atoms with Crippen LogP contribution in [0.3, 0.4) is 0 Å². The van der Waals surface area contributed by atoms with Crippen LogP contribution in [0.2, 0.25) is 0 Å². The van der Waals surface area contributed by atoms with Gasteiger partial charge in [-0.2, -0.15) is 0 Å². The van der Waals surface area contributed by atoms with Crippen LogP contribution in [-0.4, -0.2) is 94.4 Å². The summed E-state index contributed by atoms with van der Waals surface area (Å²) >= 11 is 0. The third-order valence-corrected chi connectivity index (χ3v) is 4.67. The van der Waals surface area contributed by atoms with Gasteiger partial charge in [0.25, 0.3) is 11.8 Å². The molecule has 1 aliphatic rings. The van der Waals surface area contributed by atoms with Gasteiger partial charge in [0, 0.05) is 13.1 Å². The van der Waals surface area contributed by atoms with Crippen LogP contribution in [0.1, 0.15) is 27.1 Å². The minimum atomic E-state index is -3.69. The van der Waals surface area contributed by atoms with Crippen molar-refractivity contribution in [1.29, 1.82) is 0 Å². The lowest BCUT2D eigenvalue weighted by Crippen LogP contribution is -2.31. The highest BCUT2D eigenvalue weighted by Crippen LogP contribution is 2.34. The molecule has 0 radical (unpaired) electrons. The molecule has 0 atom stereocenters. The molecule has 0 bridgehead atoms. The number of aliphatic carboxylic acids is 1. The van der Waals surface area contributed by atoms with E-state index in [1.165, 1.54) is 12.1 Å². The molecule has 0 saturated carbocycles. The Bertz CT molecular complexity index is 930. The summed E-state index contributed by atoms with van der Waals surface area (Å²) in [5.41, 5.74) is 0.00450. The lowest BCUT2D eigenvalue weighted by Gasteiger charge is -2.14. The van der Waals surface area contributed by atoms with E-state index in [0.29, 0.717) is 6.61 Å². The Morgan fingerprint density at radius 1 is 1.13 bits per heavy atom. The summed E-state index contributed by atoms with van der Waals surface area (Å²) in [5.74, 6) is -2.43. The number of carboxylic acid groups (broad SMARTS) is 1. The molecule has 0 aliphatic carbocycles. The number of benzene rings is 1. The van der Waals surface area contributed by atoms with E-state index >= 15 is 0 Å². The second-order valence-corrected chi connectivity index (χ2v) is 8.69. The molecule has 11 nitrogen and oxygen atoms in total. The Morgan fingerprint density at radius 2 is 1.77 bits per heavy atom. The molecule has 1 aliphatic heterocycles. The number of nitrogens with zero attached hydrogens (tertiary/aromatic N) is 2. The van der Waals surface area contributed by atoms with Crippen LogP contribution in [0.5, 0.6) is 5.75 Å². The van der Waals surface area contributed by atoms with Crippen molar-refractivity contribution in [3.05, 3.63) is 23.3 Å². The largest absolute Gasteiger partial charge is 0.489 e. The summed E-state index contributed by atoms with van der Waals surface area (Å²) in [6, 6.07) is 2.50. The van der Waals surface area contributed by atoms with Crippen molar-refractivity contribution in [2.24, 2.45) is 0 Å². The molecule has 0 saturated heterocycles.